The second kappa shape index (κ2) is 4.16. The molecule has 17 heavy (non-hydrogen) atoms. The molecule has 0 radical (unpaired) electrons. The molecule has 0 saturated carbocycles. The van der Waals surface area contributed by atoms with Crippen molar-refractivity contribution in [3.8, 4) is 0 Å². The zero-order valence-corrected chi connectivity index (χ0v) is 9.56. The van der Waals surface area contributed by atoms with Gasteiger partial charge in [0.1, 0.15) is 5.76 Å². The molecule has 3 rings (SSSR count). The van der Waals surface area contributed by atoms with Crippen LogP contribution >= 0.6 is 0 Å². The van der Waals surface area contributed by atoms with E-state index in [1.807, 2.05) is 0 Å². The third kappa shape index (κ3) is 2.08. The SMILES string of the molecule is O=C(O)c1ccc(CN2CC3CNCC3C2)o1. The largest absolute Gasteiger partial charge is 0.475 e. The molecular weight excluding hydrogens is 220 g/mol. The average molecular weight is 236 g/mol. The molecule has 3 heterocycles. The Hall–Kier alpha value is -1.33. The summed E-state index contributed by atoms with van der Waals surface area (Å²) in [5.41, 5.74) is 0. The molecule has 2 aliphatic heterocycles. The van der Waals surface area contributed by atoms with Crippen molar-refractivity contribution >= 4 is 5.97 Å². The number of carboxylic acid groups (broad SMARTS) is 1. The molecule has 0 bridgehead atoms. The summed E-state index contributed by atoms with van der Waals surface area (Å²) in [6.07, 6.45) is 0. The molecule has 2 atom stereocenters. The first-order valence-corrected chi connectivity index (χ1v) is 5.97. The molecule has 2 fully saturated rings. The Morgan fingerprint density at radius 2 is 2.12 bits per heavy atom. The van der Waals surface area contributed by atoms with Gasteiger partial charge in [0.25, 0.3) is 0 Å². The van der Waals surface area contributed by atoms with Crippen LogP contribution in [0.2, 0.25) is 0 Å². The van der Waals surface area contributed by atoms with Crippen molar-refractivity contribution in [1.29, 1.82) is 0 Å². The normalized spacial score (nSPS) is 28.5. The number of likely N-dealkylation sites (tertiary alicyclic amines) is 1. The van der Waals surface area contributed by atoms with Gasteiger partial charge in [0, 0.05) is 13.1 Å². The first kappa shape index (κ1) is 10.8. The number of nitrogens with zero attached hydrogens (tertiary/aromatic N) is 1. The van der Waals surface area contributed by atoms with Gasteiger partial charge >= 0.3 is 5.97 Å². The lowest BCUT2D eigenvalue weighted by Crippen LogP contribution is -2.25. The summed E-state index contributed by atoms with van der Waals surface area (Å²) in [7, 11) is 0. The quantitative estimate of drug-likeness (QED) is 0.805. The zero-order chi connectivity index (χ0) is 11.8. The van der Waals surface area contributed by atoms with Crippen LogP contribution in [0.25, 0.3) is 0 Å². The van der Waals surface area contributed by atoms with E-state index in [1.165, 1.54) is 6.07 Å². The van der Waals surface area contributed by atoms with E-state index in [9.17, 15) is 4.79 Å². The fourth-order valence-electron chi connectivity index (χ4n) is 2.88. The summed E-state index contributed by atoms with van der Waals surface area (Å²) in [6, 6.07) is 3.28. The number of carbonyl (C=O) groups is 1. The van der Waals surface area contributed by atoms with E-state index >= 15 is 0 Å². The van der Waals surface area contributed by atoms with Crippen LogP contribution in [0.15, 0.2) is 16.5 Å². The lowest BCUT2D eigenvalue weighted by Gasteiger charge is -2.14. The average Bonchev–Trinajstić information content (AvgIpc) is 2.91. The van der Waals surface area contributed by atoms with Crippen molar-refractivity contribution in [2.45, 2.75) is 6.54 Å². The molecule has 0 spiro atoms. The fourth-order valence-corrected chi connectivity index (χ4v) is 2.88. The monoisotopic (exact) mass is 236 g/mol. The standard InChI is InChI=1S/C12H16N2O3/c15-12(16)11-2-1-10(17-11)7-14-5-8-3-13-4-9(8)6-14/h1-2,8-9,13H,3-7H2,(H,15,16). The Balaban J connectivity index is 1.61. The third-order valence-corrected chi connectivity index (χ3v) is 3.72. The Labute approximate surface area is 99.4 Å². The van der Waals surface area contributed by atoms with Gasteiger partial charge in [0.05, 0.1) is 6.54 Å². The van der Waals surface area contributed by atoms with Crippen molar-refractivity contribution in [3.63, 3.8) is 0 Å². The van der Waals surface area contributed by atoms with E-state index in [0.29, 0.717) is 0 Å². The van der Waals surface area contributed by atoms with Crippen LogP contribution < -0.4 is 5.32 Å². The summed E-state index contributed by atoms with van der Waals surface area (Å²) in [5, 5.41) is 12.2. The number of carboxylic acids is 1. The molecule has 0 aromatic carbocycles. The van der Waals surface area contributed by atoms with E-state index in [0.717, 1.165) is 50.3 Å². The van der Waals surface area contributed by atoms with E-state index in [-0.39, 0.29) is 5.76 Å². The lowest BCUT2D eigenvalue weighted by atomic mass is 10.0. The Morgan fingerprint density at radius 3 is 2.71 bits per heavy atom. The van der Waals surface area contributed by atoms with E-state index in [2.05, 4.69) is 10.2 Å². The van der Waals surface area contributed by atoms with Gasteiger partial charge in [-0.1, -0.05) is 0 Å². The molecule has 0 amide bonds. The lowest BCUT2D eigenvalue weighted by molar-refractivity contribution is 0.0658. The Kier molecular flexibility index (Phi) is 2.64. The highest BCUT2D eigenvalue weighted by molar-refractivity contribution is 5.84. The number of furan rings is 1. The van der Waals surface area contributed by atoms with Crippen LogP contribution in [0.3, 0.4) is 0 Å². The molecule has 5 nitrogen and oxygen atoms in total. The highest BCUT2D eigenvalue weighted by atomic mass is 16.4. The molecule has 92 valence electrons. The summed E-state index contributed by atoms with van der Waals surface area (Å²) in [5.74, 6) is 1.28. The van der Waals surface area contributed by atoms with E-state index in [4.69, 9.17) is 9.52 Å². The van der Waals surface area contributed by atoms with Crippen LogP contribution in [0.4, 0.5) is 0 Å². The third-order valence-electron chi connectivity index (χ3n) is 3.72. The molecule has 2 N–H and O–H groups in total. The molecule has 0 aliphatic carbocycles. The minimum absolute atomic E-state index is 0.0288. The Bertz CT molecular complexity index is 417. The predicted molar refractivity (Wildman–Crippen MR) is 60.8 cm³/mol. The van der Waals surface area contributed by atoms with Crippen LogP contribution in [-0.2, 0) is 6.54 Å². The van der Waals surface area contributed by atoms with Crippen molar-refractivity contribution in [1.82, 2.24) is 10.2 Å². The molecule has 5 heteroatoms. The van der Waals surface area contributed by atoms with Crippen LogP contribution in [0.5, 0.6) is 0 Å². The Morgan fingerprint density at radius 1 is 1.41 bits per heavy atom. The molecular formula is C12H16N2O3. The van der Waals surface area contributed by atoms with Crippen molar-refractivity contribution < 1.29 is 14.3 Å². The maximum absolute atomic E-state index is 10.7. The number of hydrogen-bond donors (Lipinski definition) is 2. The van der Waals surface area contributed by atoms with Gasteiger partial charge in [0.15, 0.2) is 0 Å². The van der Waals surface area contributed by atoms with Gasteiger partial charge in [0.2, 0.25) is 5.76 Å². The number of nitrogens with one attached hydrogen (secondary N) is 1. The summed E-state index contributed by atoms with van der Waals surface area (Å²) in [6.45, 7) is 5.11. The van der Waals surface area contributed by atoms with E-state index in [1.54, 1.807) is 6.07 Å². The van der Waals surface area contributed by atoms with Gasteiger partial charge in [-0.3, -0.25) is 4.90 Å². The minimum atomic E-state index is -1.00. The maximum Gasteiger partial charge on any atom is 0.371 e. The first-order chi connectivity index (χ1) is 8.22. The van der Waals surface area contributed by atoms with Crippen LogP contribution in [0.1, 0.15) is 16.3 Å². The number of rotatable bonds is 3. The smallest absolute Gasteiger partial charge is 0.371 e. The number of aromatic carboxylic acids is 1. The van der Waals surface area contributed by atoms with Crippen molar-refractivity contribution in [3.05, 3.63) is 23.7 Å². The summed E-state index contributed by atoms with van der Waals surface area (Å²) < 4.78 is 5.27. The van der Waals surface area contributed by atoms with Crippen LogP contribution in [0, 0.1) is 11.8 Å². The van der Waals surface area contributed by atoms with Crippen molar-refractivity contribution in [2.24, 2.45) is 11.8 Å². The molecule has 2 unspecified atom stereocenters. The molecule has 1 aromatic heterocycles. The maximum atomic E-state index is 10.7. The zero-order valence-electron chi connectivity index (χ0n) is 9.56. The second-order valence-electron chi connectivity index (χ2n) is 4.94. The van der Waals surface area contributed by atoms with Gasteiger partial charge in [-0.2, -0.15) is 0 Å². The van der Waals surface area contributed by atoms with Gasteiger partial charge in [-0.15, -0.1) is 0 Å². The fraction of sp³-hybridized carbons (Fsp3) is 0.583. The minimum Gasteiger partial charge on any atom is -0.475 e. The van der Waals surface area contributed by atoms with E-state index < -0.39 is 5.97 Å². The predicted octanol–water partition coefficient (Wildman–Crippen LogP) is 0.629. The highest BCUT2D eigenvalue weighted by Gasteiger charge is 2.36. The van der Waals surface area contributed by atoms with Gasteiger partial charge in [-0.05, 0) is 37.1 Å². The molecule has 2 aliphatic rings. The van der Waals surface area contributed by atoms with Crippen LogP contribution in [-0.4, -0.2) is 42.2 Å². The topological polar surface area (TPSA) is 65.7 Å². The van der Waals surface area contributed by atoms with Gasteiger partial charge < -0.3 is 14.8 Å². The summed E-state index contributed by atoms with van der Waals surface area (Å²) in [4.78, 5) is 13.0. The summed E-state index contributed by atoms with van der Waals surface area (Å²) >= 11 is 0. The number of hydrogen-bond acceptors (Lipinski definition) is 4. The second-order valence-corrected chi connectivity index (χ2v) is 4.94. The van der Waals surface area contributed by atoms with Crippen molar-refractivity contribution in [2.75, 3.05) is 26.2 Å². The highest BCUT2D eigenvalue weighted by Crippen LogP contribution is 2.27. The molecule has 1 aromatic rings. The first-order valence-electron chi connectivity index (χ1n) is 5.97. The van der Waals surface area contributed by atoms with Gasteiger partial charge in [-0.25, -0.2) is 4.79 Å². The number of fused-ring (bicyclic) bond motifs is 1. The molecule has 2 saturated heterocycles.